The van der Waals surface area contributed by atoms with Gasteiger partial charge in [0.05, 0.1) is 23.1 Å². The van der Waals surface area contributed by atoms with E-state index in [4.69, 9.17) is 4.74 Å². The van der Waals surface area contributed by atoms with Crippen molar-refractivity contribution in [3.8, 4) is 0 Å². The maximum atomic E-state index is 13.5. The number of nitrogens with zero attached hydrogens (tertiary/aromatic N) is 2. The van der Waals surface area contributed by atoms with Crippen LogP contribution in [0.15, 0.2) is 47.3 Å². The predicted molar refractivity (Wildman–Crippen MR) is 107 cm³/mol. The van der Waals surface area contributed by atoms with Crippen molar-refractivity contribution in [2.45, 2.75) is 32.9 Å². The van der Waals surface area contributed by atoms with Gasteiger partial charge < -0.3 is 10.1 Å². The molecule has 1 heterocycles. The molecule has 0 fully saturated rings. The maximum Gasteiger partial charge on any atom is 0.329 e. The molecular weight excluding hydrogens is 396 g/mol. The van der Waals surface area contributed by atoms with Crippen LogP contribution in [0.5, 0.6) is 0 Å². The molecule has 0 aliphatic carbocycles. The van der Waals surface area contributed by atoms with Crippen LogP contribution in [0.25, 0.3) is 11.0 Å². The van der Waals surface area contributed by atoms with E-state index < -0.39 is 30.1 Å². The zero-order valence-corrected chi connectivity index (χ0v) is 16.4. The molecule has 0 saturated heterocycles. The van der Waals surface area contributed by atoms with E-state index in [1.54, 1.807) is 10.6 Å². The molecule has 0 saturated carbocycles. The first kappa shape index (κ1) is 21.2. The molecule has 158 valence electrons. The Morgan fingerprint density at radius 1 is 1.03 bits per heavy atom. The minimum Gasteiger partial charge on any atom is -0.456 e. The molecule has 0 radical (unpaired) electrons. The first-order valence-corrected chi connectivity index (χ1v) is 9.49. The zero-order chi connectivity index (χ0) is 21.7. The van der Waals surface area contributed by atoms with Gasteiger partial charge in [0.2, 0.25) is 0 Å². The van der Waals surface area contributed by atoms with Crippen molar-refractivity contribution in [1.82, 2.24) is 9.13 Å². The summed E-state index contributed by atoms with van der Waals surface area (Å²) in [5.74, 6) is -3.01. The number of imidazole rings is 1. The Balaban J connectivity index is 1.59. The Hall–Kier alpha value is -3.49. The SMILES string of the molecule is CCCn1c(=O)n(CCC(=O)OCC(=O)Nc2cc(F)ccc2F)c2ccccc21. The standard InChI is InChI=1S/C21H21F2N3O4/c1-2-10-25-17-5-3-4-6-18(17)26(21(25)29)11-9-20(28)30-13-19(27)24-16-12-14(22)7-8-15(16)23/h3-8,12H,2,9-11,13H2,1H3,(H,24,27). The molecule has 2 aromatic carbocycles. The van der Waals surface area contributed by atoms with Gasteiger partial charge in [0, 0.05) is 19.2 Å². The number of halogens is 2. The van der Waals surface area contributed by atoms with Crippen LogP contribution < -0.4 is 11.0 Å². The van der Waals surface area contributed by atoms with Gasteiger partial charge in [-0.3, -0.25) is 18.7 Å². The molecule has 1 aromatic heterocycles. The van der Waals surface area contributed by atoms with Gasteiger partial charge in [-0.2, -0.15) is 0 Å². The van der Waals surface area contributed by atoms with Gasteiger partial charge in [-0.05, 0) is 30.7 Å². The molecule has 0 spiro atoms. The van der Waals surface area contributed by atoms with Crippen LogP contribution in [0.1, 0.15) is 19.8 Å². The van der Waals surface area contributed by atoms with Crippen molar-refractivity contribution in [1.29, 1.82) is 0 Å². The topological polar surface area (TPSA) is 82.3 Å². The molecule has 0 unspecified atom stereocenters. The minimum absolute atomic E-state index is 0.0923. The van der Waals surface area contributed by atoms with Crippen molar-refractivity contribution < 1.29 is 23.1 Å². The van der Waals surface area contributed by atoms with Gasteiger partial charge in [-0.25, -0.2) is 13.6 Å². The molecule has 3 aromatic rings. The highest BCUT2D eigenvalue weighted by Crippen LogP contribution is 2.15. The second-order valence-corrected chi connectivity index (χ2v) is 6.66. The number of esters is 1. The Morgan fingerprint density at radius 2 is 1.70 bits per heavy atom. The fraction of sp³-hybridized carbons (Fsp3) is 0.286. The quantitative estimate of drug-likeness (QED) is 0.571. The Bertz CT molecular complexity index is 1140. The summed E-state index contributed by atoms with van der Waals surface area (Å²) >= 11 is 0. The average molecular weight is 417 g/mol. The van der Waals surface area contributed by atoms with Crippen LogP contribution in [0.4, 0.5) is 14.5 Å². The smallest absolute Gasteiger partial charge is 0.329 e. The number of ether oxygens (including phenoxy) is 1. The third kappa shape index (κ3) is 4.73. The maximum absolute atomic E-state index is 13.5. The number of fused-ring (bicyclic) bond motifs is 1. The van der Waals surface area contributed by atoms with Crippen LogP contribution in [0, 0.1) is 11.6 Å². The largest absolute Gasteiger partial charge is 0.456 e. The number of benzene rings is 2. The molecule has 7 nitrogen and oxygen atoms in total. The summed E-state index contributed by atoms with van der Waals surface area (Å²) in [6, 6.07) is 9.92. The van der Waals surface area contributed by atoms with Crippen molar-refractivity contribution in [2.75, 3.05) is 11.9 Å². The number of carbonyl (C=O) groups is 2. The van der Waals surface area contributed by atoms with Crippen molar-refractivity contribution in [3.05, 3.63) is 64.6 Å². The van der Waals surface area contributed by atoms with Gasteiger partial charge >= 0.3 is 11.7 Å². The average Bonchev–Trinajstić information content (AvgIpc) is 2.99. The van der Waals surface area contributed by atoms with Crippen molar-refractivity contribution >= 4 is 28.6 Å². The molecule has 1 N–H and O–H groups in total. The summed E-state index contributed by atoms with van der Waals surface area (Å²) in [5.41, 5.74) is 0.939. The number of aryl methyl sites for hydroxylation is 2. The molecule has 1 amide bonds. The molecule has 0 bridgehead atoms. The predicted octanol–water partition coefficient (Wildman–Crippen LogP) is 3.06. The van der Waals surface area contributed by atoms with Crippen LogP contribution in [-0.2, 0) is 27.4 Å². The molecule has 30 heavy (non-hydrogen) atoms. The summed E-state index contributed by atoms with van der Waals surface area (Å²) in [6.45, 7) is 1.97. The Kier molecular flexibility index (Phi) is 6.61. The van der Waals surface area contributed by atoms with E-state index in [-0.39, 0.29) is 24.3 Å². The molecule has 9 heteroatoms. The molecular formula is C21H21F2N3O4. The van der Waals surface area contributed by atoms with E-state index >= 15 is 0 Å². The summed E-state index contributed by atoms with van der Waals surface area (Å²) in [6.07, 6.45) is 0.665. The number of anilines is 1. The third-order valence-corrected chi connectivity index (χ3v) is 4.48. The number of hydrogen-bond acceptors (Lipinski definition) is 4. The van der Waals surface area contributed by atoms with Gasteiger partial charge in [-0.15, -0.1) is 0 Å². The van der Waals surface area contributed by atoms with Gasteiger partial charge in [0.25, 0.3) is 5.91 Å². The highest BCUT2D eigenvalue weighted by atomic mass is 19.1. The van der Waals surface area contributed by atoms with E-state index in [0.29, 0.717) is 12.1 Å². The van der Waals surface area contributed by atoms with E-state index in [1.807, 2.05) is 25.1 Å². The summed E-state index contributed by atoms with van der Waals surface area (Å²) < 4.78 is 34.7. The van der Waals surface area contributed by atoms with Crippen LogP contribution in [-0.4, -0.2) is 27.6 Å². The third-order valence-electron chi connectivity index (χ3n) is 4.48. The lowest BCUT2D eigenvalue weighted by Crippen LogP contribution is -2.26. The number of amides is 1. The van der Waals surface area contributed by atoms with Crippen LogP contribution in [0.2, 0.25) is 0 Å². The monoisotopic (exact) mass is 417 g/mol. The van der Waals surface area contributed by atoms with E-state index in [1.165, 1.54) is 4.57 Å². The fourth-order valence-corrected chi connectivity index (χ4v) is 3.13. The van der Waals surface area contributed by atoms with Gasteiger partial charge in [-0.1, -0.05) is 19.1 Å². The Morgan fingerprint density at radius 3 is 2.37 bits per heavy atom. The van der Waals surface area contributed by atoms with Crippen LogP contribution in [0.3, 0.4) is 0 Å². The first-order chi connectivity index (χ1) is 14.4. The highest BCUT2D eigenvalue weighted by molar-refractivity contribution is 5.92. The highest BCUT2D eigenvalue weighted by Gasteiger charge is 2.15. The van der Waals surface area contributed by atoms with E-state index in [0.717, 1.165) is 30.1 Å². The minimum atomic E-state index is -0.807. The normalized spacial score (nSPS) is 10.9. The van der Waals surface area contributed by atoms with Gasteiger partial charge in [0.1, 0.15) is 11.6 Å². The van der Waals surface area contributed by atoms with Crippen LogP contribution >= 0.6 is 0 Å². The number of aromatic nitrogens is 2. The summed E-state index contributed by atoms with van der Waals surface area (Å²) in [7, 11) is 0. The van der Waals surface area contributed by atoms with Crippen molar-refractivity contribution in [2.24, 2.45) is 0 Å². The lowest BCUT2D eigenvalue weighted by molar-refractivity contribution is -0.147. The number of nitrogens with one attached hydrogen (secondary N) is 1. The Labute approximate surface area is 170 Å². The lowest BCUT2D eigenvalue weighted by Gasteiger charge is -2.08. The fourth-order valence-electron chi connectivity index (χ4n) is 3.13. The lowest BCUT2D eigenvalue weighted by atomic mass is 10.3. The molecule has 3 rings (SSSR count). The summed E-state index contributed by atoms with van der Waals surface area (Å²) in [4.78, 5) is 36.5. The number of carbonyl (C=O) groups excluding carboxylic acids is 2. The number of rotatable bonds is 8. The second-order valence-electron chi connectivity index (χ2n) is 6.66. The van der Waals surface area contributed by atoms with E-state index in [2.05, 4.69) is 5.32 Å². The van der Waals surface area contributed by atoms with Crippen molar-refractivity contribution in [3.63, 3.8) is 0 Å². The van der Waals surface area contributed by atoms with E-state index in [9.17, 15) is 23.2 Å². The summed E-state index contributed by atoms with van der Waals surface area (Å²) in [5, 5.41) is 2.14. The first-order valence-electron chi connectivity index (χ1n) is 9.49. The number of hydrogen-bond donors (Lipinski definition) is 1. The van der Waals surface area contributed by atoms with Gasteiger partial charge in [0.15, 0.2) is 6.61 Å². The number of para-hydroxylation sites is 2. The zero-order valence-electron chi connectivity index (χ0n) is 16.4. The molecule has 0 aliphatic heterocycles. The molecule has 0 aliphatic rings. The second kappa shape index (κ2) is 9.34. The molecule has 0 atom stereocenters.